The van der Waals surface area contributed by atoms with Gasteiger partial charge in [0, 0.05) is 17.2 Å². The van der Waals surface area contributed by atoms with E-state index in [1.54, 1.807) is 0 Å². The van der Waals surface area contributed by atoms with Gasteiger partial charge in [0.2, 0.25) is 5.78 Å². The monoisotopic (exact) mass is 521 g/mol. The molecule has 3 rings (SSSR count). The fourth-order valence-electron chi connectivity index (χ4n) is 4.19. The summed E-state index contributed by atoms with van der Waals surface area (Å²) in [5.74, 6) is -1.01. The number of ketones is 1. The number of carbonyl (C=O) groups excluding carboxylic acids is 2. The van der Waals surface area contributed by atoms with Gasteiger partial charge in [-0.05, 0) is 48.7 Å². The number of hydrogen-bond acceptors (Lipinski definition) is 6. The van der Waals surface area contributed by atoms with Crippen LogP contribution in [0, 0.1) is 5.92 Å². The number of esters is 1. The van der Waals surface area contributed by atoms with Crippen molar-refractivity contribution in [3.8, 4) is 11.5 Å². The van der Waals surface area contributed by atoms with E-state index in [1.165, 1.54) is 18.2 Å². The van der Waals surface area contributed by atoms with Crippen LogP contribution in [0.3, 0.4) is 0 Å². The lowest BCUT2D eigenvalue weighted by molar-refractivity contribution is -0.650. The van der Waals surface area contributed by atoms with Crippen LogP contribution < -0.4 is 10.6 Å². The summed E-state index contributed by atoms with van der Waals surface area (Å²) in [6, 6.07) is 22.4. The van der Waals surface area contributed by atoms with E-state index in [0.29, 0.717) is 12.1 Å². The Hall–Kier alpha value is -3.84. The van der Waals surface area contributed by atoms with Crippen LogP contribution in [0.5, 0.6) is 11.5 Å². The Morgan fingerprint density at radius 2 is 1.47 bits per heavy atom. The lowest BCUT2D eigenvalue weighted by Crippen LogP contribution is -2.88. The number of nitrogens with one attached hydrogen (secondary N) is 1. The van der Waals surface area contributed by atoms with Crippen molar-refractivity contribution in [2.75, 3.05) is 18.4 Å². The third-order valence-corrected chi connectivity index (χ3v) is 6.32. The first-order valence-corrected chi connectivity index (χ1v) is 13.4. The van der Waals surface area contributed by atoms with E-state index < -0.39 is 6.04 Å². The van der Waals surface area contributed by atoms with Gasteiger partial charge in [0.1, 0.15) is 13.1 Å². The van der Waals surface area contributed by atoms with Crippen molar-refractivity contribution in [1.29, 1.82) is 0 Å². The van der Waals surface area contributed by atoms with Crippen molar-refractivity contribution in [3.05, 3.63) is 90.0 Å². The third kappa shape index (κ3) is 8.92. The molecule has 7 heteroatoms. The number of rotatable bonds is 13. The number of para-hydroxylation sites is 1. The van der Waals surface area contributed by atoms with Crippen LogP contribution >= 0.6 is 0 Å². The number of anilines is 1. The Balaban J connectivity index is 0.00000247. The van der Waals surface area contributed by atoms with Crippen LogP contribution in [0.25, 0.3) is 0 Å². The lowest BCUT2D eigenvalue weighted by Gasteiger charge is -2.27. The maximum Gasteiger partial charge on any atom is 0.333 e. The molecule has 0 aliphatic rings. The summed E-state index contributed by atoms with van der Waals surface area (Å²) in [5.41, 5.74) is 1.94. The molecule has 0 heterocycles. The first-order valence-electron chi connectivity index (χ1n) is 13.4. The molecule has 0 aliphatic heterocycles. The van der Waals surface area contributed by atoms with Gasteiger partial charge < -0.3 is 25.6 Å². The average molecular weight is 522 g/mol. The summed E-state index contributed by atoms with van der Waals surface area (Å²) in [6.07, 6.45) is 1.30. The summed E-state index contributed by atoms with van der Waals surface area (Å²) in [4.78, 5) is 26.0. The molecule has 0 bridgehead atoms. The second kappa shape index (κ2) is 16.1. The molecular formula is C31H41N2O5+. The minimum Gasteiger partial charge on any atom is -0.504 e. The number of ether oxygens (including phenoxy) is 1. The first-order chi connectivity index (χ1) is 18.4. The van der Waals surface area contributed by atoms with Gasteiger partial charge >= 0.3 is 5.97 Å². The maximum atomic E-state index is 13.5. The number of aromatic hydroxyl groups is 2. The zero-order chi connectivity index (χ0) is 27.9. The normalized spacial score (nSPS) is 12.1. The molecule has 0 amide bonds. The van der Waals surface area contributed by atoms with Gasteiger partial charge in [0.25, 0.3) is 0 Å². The van der Waals surface area contributed by atoms with E-state index >= 15 is 0 Å². The summed E-state index contributed by atoms with van der Waals surface area (Å²) in [7, 11) is 0. The SMILES string of the molecule is CC.CCC(CC)[C@H](C[NH2+]CC(=O)c1ccc(O)c(O)c1)OC(=O)[C@H](Nc1ccccc1)c1ccccc1. The molecule has 204 valence electrons. The number of carbonyl (C=O) groups is 2. The fraction of sp³-hybridized carbons (Fsp3) is 0.355. The molecule has 5 N–H and O–H groups in total. The molecule has 0 unspecified atom stereocenters. The maximum absolute atomic E-state index is 13.5. The van der Waals surface area contributed by atoms with Crippen LogP contribution in [-0.2, 0) is 9.53 Å². The van der Waals surface area contributed by atoms with E-state index in [0.717, 1.165) is 24.1 Å². The number of phenolic OH excluding ortho intramolecular Hbond substituents is 2. The van der Waals surface area contributed by atoms with Crippen LogP contribution in [0.2, 0.25) is 0 Å². The lowest BCUT2D eigenvalue weighted by atomic mass is 9.96. The van der Waals surface area contributed by atoms with Crippen LogP contribution in [0.15, 0.2) is 78.9 Å². The highest BCUT2D eigenvalue weighted by Crippen LogP contribution is 2.25. The number of Topliss-reactive ketones (excluding diaryl/α,β-unsaturated/α-hetero) is 1. The highest BCUT2D eigenvalue weighted by atomic mass is 16.5. The molecule has 3 aromatic rings. The number of nitrogens with two attached hydrogens (primary N) is 1. The van der Waals surface area contributed by atoms with Gasteiger partial charge in [-0.15, -0.1) is 0 Å². The topological polar surface area (TPSA) is 112 Å². The zero-order valence-corrected chi connectivity index (χ0v) is 22.8. The quantitative estimate of drug-likeness (QED) is 0.142. The highest BCUT2D eigenvalue weighted by Gasteiger charge is 2.30. The van der Waals surface area contributed by atoms with Crippen molar-refractivity contribution >= 4 is 17.4 Å². The molecule has 0 radical (unpaired) electrons. The van der Waals surface area contributed by atoms with E-state index in [1.807, 2.05) is 79.8 Å². The Morgan fingerprint density at radius 3 is 2.05 bits per heavy atom. The van der Waals surface area contributed by atoms with E-state index in [-0.39, 0.29) is 41.8 Å². The molecule has 0 aromatic heterocycles. The first kappa shape index (κ1) is 30.4. The molecule has 0 fully saturated rings. The van der Waals surface area contributed by atoms with Gasteiger partial charge in [-0.1, -0.05) is 76.2 Å². The standard InChI is InChI=1S/C29H34N2O5.C2H6/c1-3-20(4-2)27(19-30-18-26(34)22-15-16-24(32)25(33)17-22)36-29(35)28(21-11-7-5-8-12-21)31-23-13-9-6-10-14-23;1-2/h5-17,20,27-28,30-33H,3-4,18-19H2,1-2H3;1-2H3/p+1/t27-,28+;/m0./s1. The van der Waals surface area contributed by atoms with E-state index in [9.17, 15) is 19.8 Å². The number of quaternary nitrogens is 1. The molecule has 0 spiro atoms. The number of hydrogen-bond donors (Lipinski definition) is 4. The predicted molar refractivity (Wildman–Crippen MR) is 150 cm³/mol. The van der Waals surface area contributed by atoms with Gasteiger partial charge in [-0.25, -0.2) is 4.79 Å². The third-order valence-electron chi connectivity index (χ3n) is 6.32. The molecule has 0 aliphatic carbocycles. The van der Waals surface area contributed by atoms with Gasteiger partial charge in [0.15, 0.2) is 23.6 Å². The van der Waals surface area contributed by atoms with Gasteiger partial charge in [-0.2, -0.15) is 0 Å². The van der Waals surface area contributed by atoms with Crippen molar-refractivity contribution in [1.82, 2.24) is 0 Å². The second-order valence-corrected chi connectivity index (χ2v) is 8.76. The molecule has 38 heavy (non-hydrogen) atoms. The van der Waals surface area contributed by atoms with Crippen LogP contribution in [0.4, 0.5) is 5.69 Å². The van der Waals surface area contributed by atoms with E-state index in [4.69, 9.17) is 4.74 Å². The molecule has 0 saturated heterocycles. The highest BCUT2D eigenvalue weighted by molar-refractivity contribution is 5.97. The Morgan fingerprint density at radius 1 is 0.868 bits per heavy atom. The molecular weight excluding hydrogens is 480 g/mol. The zero-order valence-electron chi connectivity index (χ0n) is 22.8. The molecule has 0 saturated carbocycles. The molecule has 3 aromatic carbocycles. The summed E-state index contributed by atoms with van der Waals surface area (Å²) < 4.78 is 6.09. The Bertz CT molecular complexity index is 1120. The predicted octanol–water partition coefficient (Wildman–Crippen LogP) is 5.07. The number of phenols is 2. The largest absolute Gasteiger partial charge is 0.504 e. The Kier molecular flexibility index (Phi) is 12.9. The molecule has 7 nitrogen and oxygen atoms in total. The van der Waals surface area contributed by atoms with Crippen molar-refractivity contribution in [3.63, 3.8) is 0 Å². The summed E-state index contributed by atoms with van der Waals surface area (Å²) >= 11 is 0. The van der Waals surface area contributed by atoms with Gasteiger partial charge in [0.05, 0.1) is 0 Å². The summed E-state index contributed by atoms with van der Waals surface area (Å²) in [6.45, 7) is 8.69. The fourth-order valence-corrected chi connectivity index (χ4v) is 4.19. The minimum atomic E-state index is -0.674. The van der Waals surface area contributed by atoms with Crippen molar-refractivity contribution in [2.24, 2.45) is 5.92 Å². The van der Waals surface area contributed by atoms with Crippen LogP contribution in [0.1, 0.15) is 62.5 Å². The van der Waals surface area contributed by atoms with Crippen LogP contribution in [-0.4, -0.2) is 41.2 Å². The number of benzene rings is 3. The summed E-state index contributed by atoms with van der Waals surface area (Å²) in [5, 5.41) is 24.3. The minimum absolute atomic E-state index is 0.128. The Labute approximate surface area is 225 Å². The van der Waals surface area contributed by atoms with E-state index in [2.05, 4.69) is 19.2 Å². The second-order valence-electron chi connectivity index (χ2n) is 8.76. The van der Waals surface area contributed by atoms with Crippen molar-refractivity contribution < 1.29 is 29.9 Å². The molecule has 2 atom stereocenters. The van der Waals surface area contributed by atoms with Gasteiger partial charge in [-0.3, -0.25) is 4.79 Å². The van der Waals surface area contributed by atoms with Crippen molar-refractivity contribution in [2.45, 2.75) is 52.7 Å². The average Bonchev–Trinajstić information content (AvgIpc) is 2.95. The smallest absolute Gasteiger partial charge is 0.333 e.